The number of non-ortho nitro benzene ring substituents is 1. The summed E-state index contributed by atoms with van der Waals surface area (Å²) < 4.78 is 11.9. The molecule has 4 aliphatic rings. The second kappa shape index (κ2) is 11.0. The van der Waals surface area contributed by atoms with Gasteiger partial charge in [-0.05, 0) is 71.7 Å². The maximum Gasteiger partial charge on any atom is 0.305 e. The van der Waals surface area contributed by atoms with Crippen LogP contribution in [0, 0.1) is 39.7 Å². The van der Waals surface area contributed by atoms with Crippen molar-refractivity contribution in [3.63, 3.8) is 0 Å². The number of rotatable bonds is 7. The Morgan fingerprint density at radius 1 is 0.978 bits per heavy atom. The van der Waals surface area contributed by atoms with Crippen molar-refractivity contribution in [3.05, 3.63) is 108 Å². The summed E-state index contributed by atoms with van der Waals surface area (Å²) in [6.45, 7) is 0.329. The zero-order chi connectivity index (χ0) is 31.9. The van der Waals surface area contributed by atoms with E-state index in [1.54, 1.807) is 18.9 Å². The summed E-state index contributed by atoms with van der Waals surface area (Å²) in [6, 6.07) is 18.8. The predicted octanol–water partition coefficient (Wildman–Crippen LogP) is 6.26. The van der Waals surface area contributed by atoms with E-state index in [1.807, 2.05) is 42.5 Å². The molecule has 10 nitrogen and oxygen atoms in total. The van der Waals surface area contributed by atoms with E-state index in [9.17, 15) is 24.5 Å². The monoisotopic (exact) mass is 675 g/mol. The molecule has 3 heterocycles. The van der Waals surface area contributed by atoms with Gasteiger partial charge in [0.25, 0.3) is 5.69 Å². The van der Waals surface area contributed by atoms with Crippen LogP contribution < -0.4 is 19.2 Å². The molecule has 4 aromatic rings. The van der Waals surface area contributed by atoms with Crippen molar-refractivity contribution in [2.75, 3.05) is 12.0 Å². The van der Waals surface area contributed by atoms with Crippen LogP contribution in [0.3, 0.4) is 0 Å². The summed E-state index contributed by atoms with van der Waals surface area (Å²) in [5.74, 6) is -0.620. The molecule has 1 aromatic heterocycles. The van der Waals surface area contributed by atoms with Crippen molar-refractivity contribution in [1.82, 2.24) is 4.98 Å². The van der Waals surface area contributed by atoms with Crippen LogP contribution in [0.5, 0.6) is 11.5 Å². The Labute approximate surface area is 275 Å². The van der Waals surface area contributed by atoms with E-state index in [1.165, 1.54) is 40.5 Å². The van der Waals surface area contributed by atoms with Crippen molar-refractivity contribution in [3.8, 4) is 11.5 Å². The summed E-state index contributed by atoms with van der Waals surface area (Å²) in [5, 5.41) is 12.7. The molecule has 13 heteroatoms. The molecule has 234 valence electrons. The third kappa shape index (κ3) is 4.49. The number of carbonyl (C=O) groups is 2. The zero-order valence-corrected chi connectivity index (χ0v) is 26.6. The molecule has 7 atom stereocenters. The number of aromatic nitrogens is 1. The van der Waals surface area contributed by atoms with Gasteiger partial charge < -0.3 is 14.5 Å². The number of benzene rings is 3. The van der Waals surface area contributed by atoms with Gasteiger partial charge in [-0.2, -0.15) is 0 Å². The third-order valence-electron chi connectivity index (χ3n) is 9.90. The summed E-state index contributed by atoms with van der Waals surface area (Å²) in [5.41, 5.74) is 2.16. The van der Waals surface area contributed by atoms with Crippen LogP contribution in [0.25, 0.3) is 0 Å². The Kier molecular flexibility index (Phi) is 7.00. The van der Waals surface area contributed by atoms with Crippen LogP contribution >= 0.6 is 34.7 Å². The molecular weight excluding hydrogens is 650 g/mol. The van der Waals surface area contributed by atoms with E-state index in [4.69, 9.17) is 21.1 Å². The highest BCUT2D eigenvalue weighted by molar-refractivity contribution is 8.00. The first-order valence-corrected chi connectivity index (χ1v) is 16.9. The summed E-state index contributed by atoms with van der Waals surface area (Å²) in [7, 11) is 1.59. The number of nitro groups is 1. The molecule has 8 rings (SSSR count). The smallest absolute Gasteiger partial charge is 0.305 e. The predicted molar refractivity (Wildman–Crippen MR) is 173 cm³/mol. The molecule has 2 aliphatic heterocycles. The quantitative estimate of drug-likeness (QED) is 0.138. The summed E-state index contributed by atoms with van der Waals surface area (Å²) in [4.78, 5) is 56.2. The number of halogens is 1. The van der Waals surface area contributed by atoms with E-state index >= 15 is 0 Å². The number of imide groups is 1. The average molecular weight is 676 g/mol. The van der Waals surface area contributed by atoms with E-state index in [0.717, 1.165) is 27.5 Å². The first-order chi connectivity index (χ1) is 22.2. The second-order valence-electron chi connectivity index (χ2n) is 12.1. The standard InChI is InChI=1S/C33H26ClN3O7S2/c1-43-23-12-16(4-11-22(23)44-14-15-2-5-17(34)6-3-15)24-25-20-13-21(28(25)45-30-29(24)46-33(40)35-30)27-26(20)31(38)36(32(27)39)18-7-9-19(10-8-18)37(41)42/h2-12,20-21,24-28H,13-14H2,1H3,(H,35,40)/t20?,21?,24-,25?,26?,27?,28?/m1/s1. The van der Waals surface area contributed by atoms with Gasteiger partial charge in [-0.25, -0.2) is 0 Å². The normalized spacial score (nSPS) is 27.3. The van der Waals surface area contributed by atoms with Crippen LogP contribution in [0.15, 0.2) is 76.6 Å². The van der Waals surface area contributed by atoms with Crippen molar-refractivity contribution < 1.29 is 24.0 Å². The largest absolute Gasteiger partial charge is 0.493 e. The molecule has 1 saturated heterocycles. The Morgan fingerprint density at radius 3 is 2.39 bits per heavy atom. The van der Waals surface area contributed by atoms with Gasteiger partial charge in [-0.15, -0.1) is 11.8 Å². The fraction of sp³-hybridized carbons (Fsp3) is 0.303. The molecule has 0 spiro atoms. The van der Waals surface area contributed by atoms with Crippen LogP contribution in [0.2, 0.25) is 5.02 Å². The topological polar surface area (TPSA) is 132 Å². The fourth-order valence-corrected chi connectivity index (χ4v) is 11.1. The maximum absolute atomic E-state index is 14.0. The van der Waals surface area contributed by atoms with Gasteiger partial charge in [-0.1, -0.05) is 41.1 Å². The van der Waals surface area contributed by atoms with Crippen molar-refractivity contribution >= 4 is 57.9 Å². The molecule has 46 heavy (non-hydrogen) atoms. The molecule has 2 amide bonds. The minimum absolute atomic E-state index is 0.00861. The number of amides is 2. The Balaban J connectivity index is 1.13. The molecule has 2 bridgehead atoms. The highest BCUT2D eigenvalue weighted by Crippen LogP contribution is 2.68. The number of thioether (sulfide) groups is 1. The van der Waals surface area contributed by atoms with Gasteiger partial charge >= 0.3 is 4.87 Å². The molecule has 3 fully saturated rings. The Hall–Kier alpha value is -4.13. The number of hydrogen-bond donors (Lipinski definition) is 1. The van der Waals surface area contributed by atoms with Crippen LogP contribution in [-0.4, -0.2) is 34.1 Å². The van der Waals surface area contributed by atoms with Gasteiger partial charge in [-0.3, -0.25) is 29.4 Å². The number of methoxy groups -OCH3 is 1. The average Bonchev–Trinajstić information content (AvgIpc) is 3.79. The minimum atomic E-state index is -0.509. The highest BCUT2D eigenvalue weighted by Gasteiger charge is 2.69. The van der Waals surface area contributed by atoms with Crippen LogP contribution in [0.1, 0.15) is 28.3 Å². The van der Waals surface area contributed by atoms with Crippen LogP contribution in [0.4, 0.5) is 11.4 Å². The fourth-order valence-electron chi connectivity index (χ4n) is 8.11. The number of ether oxygens (including phenoxy) is 2. The van der Waals surface area contributed by atoms with Gasteiger partial charge in [0.1, 0.15) is 6.61 Å². The number of hydrogen-bond acceptors (Lipinski definition) is 9. The molecule has 2 saturated carbocycles. The Morgan fingerprint density at radius 2 is 1.70 bits per heavy atom. The lowest BCUT2D eigenvalue weighted by atomic mass is 9.68. The number of aromatic amines is 1. The number of thiazole rings is 1. The van der Waals surface area contributed by atoms with E-state index in [0.29, 0.717) is 28.8 Å². The lowest BCUT2D eigenvalue weighted by molar-refractivity contribution is -0.384. The first kappa shape index (κ1) is 29.3. The lowest BCUT2D eigenvalue weighted by Gasteiger charge is -2.43. The number of carbonyl (C=O) groups excluding carboxylic acids is 2. The van der Waals surface area contributed by atoms with E-state index in [2.05, 4.69) is 4.98 Å². The van der Waals surface area contributed by atoms with Crippen molar-refractivity contribution in [2.45, 2.75) is 29.2 Å². The maximum atomic E-state index is 14.0. The number of fused-ring (bicyclic) bond motifs is 9. The van der Waals surface area contributed by atoms with Gasteiger partial charge in [0.05, 0.1) is 34.6 Å². The highest BCUT2D eigenvalue weighted by atomic mass is 35.5. The zero-order valence-electron chi connectivity index (χ0n) is 24.3. The van der Waals surface area contributed by atoms with Gasteiger partial charge in [0, 0.05) is 33.2 Å². The summed E-state index contributed by atoms with van der Waals surface area (Å²) in [6.07, 6.45) is 0.748. The number of nitrogens with zero attached hydrogens (tertiary/aromatic N) is 2. The molecule has 3 aromatic carbocycles. The minimum Gasteiger partial charge on any atom is -0.493 e. The molecule has 6 unspecified atom stereocenters. The van der Waals surface area contributed by atoms with Crippen LogP contribution in [-0.2, 0) is 16.2 Å². The van der Waals surface area contributed by atoms with Gasteiger partial charge in [0.2, 0.25) is 11.8 Å². The molecule has 0 radical (unpaired) electrons. The SMILES string of the molecule is COc1cc([C@H]2c3sc(=O)[nH]c3SC3C4CC(C5C(=O)N(c6ccc([N+](=O)[O-])cc6)C(=O)C45)C32)ccc1OCc1ccc(Cl)cc1. The molecule has 1 N–H and O–H groups in total. The number of nitrogens with one attached hydrogen (secondary N) is 1. The first-order valence-electron chi connectivity index (χ1n) is 14.8. The molecular formula is C33H26ClN3O7S2. The number of anilines is 1. The second-order valence-corrected chi connectivity index (χ2v) is 14.7. The molecule has 2 aliphatic carbocycles. The third-order valence-corrected chi connectivity index (χ3v) is 12.7. The van der Waals surface area contributed by atoms with Gasteiger partial charge in [0.15, 0.2) is 11.5 Å². The lowest BCUT2D eigenvalue weighted by Crippen LogP contribution is -2.42. The Bertz CT molecular complexity index is 1960. The number of H-pyrrole nitrogens is 1. The van der Waals surface area contributed by atoms with E-state index in [-0.39, 0.29) is 51.3 Å². The van der Waals surface area contributed by atoms with Crippen molar-refractivity contribution in [1.29, 1.82) is 0 Å². The summed E-state index contributed by atoms with van der Waals surface area (Å²) >= 11 is 8.83. The number of nitro benzene ring substituents is 1. The van der Waals surface area contributed by atoms with E-state index < -0.39 is 16.8 Å². The van der Waals surface area contributed by atoms with Crippen molar-refractivity contribution in [2.24, 2.45) is 29.6 Å².